The number of para-hydroxylation sites is 1. The van der Waals surface area contributed by atoms with Crippen LogP contribution in [0.4, 0.5) is 11.4 Å². The summed E-state index contributed by atoms with van der Waals surface area (Å²) in [6.07, 6.45) is 0. The van der Waals surface area contributed by atoms with E-state index in [1.165, 1.54) is 29.6 Å². The number of nitrogens with one attached hydrogen (secondary N) is 1. The van der Waals surface area contributed by atoms with Crippen molar-refractivity contribution < 1.29 is 22.7 Å². The molecule has 0 radical (unpaired) electrons. The van der Waals surface area contributed by atoms with Gasteiger partial charge in [0, 0.05) is 6.54 Å². The van der Waals surface area contributed by atoms with Crippen molar-refractivity contribution in [2.45, 2.75) is 38.5 Å². The molecule has 3 rings (SSSR count). The number of carbonyl (C=O) groups excluding carboxylic acids is 1. The number of carbonyl (C=O) groups is 1. The monoisotopic (exact) mass is 496 g/mol. The summed E-state index contributed by atoms with van der Waals surface area (Å²) in [6.45, 7) is 7.89. The van der Waals surface area contributed by atoms with Gasteiger partial charge in [-0.15, -0.1) is 0 Å². The van der Waals surface area contributed by atoms with Gasteiger partial charge in [0.1, 0.15) is 11.5 Å². The second-order valence-electron chi connectivity index (χ2n) is 8.38. The Morgan fingerprint density at radius 2 is 1.71 bits per heavy atom. The molecule has 0 fully saturated rings. The van der Waals surface area contributed by atoms with E-state index >= 15 is 0 Å². The van der Waals surface area contributed by atoms with E-state index < -0.39 is 15.9 Å². The van der Waals surface area contributed by atoms with Gasteiger partial charge >= 0.3 is 0 Å². The standard InChI is InChI=1S/C27H32N2O5S/c1-6-29(22-10-8-7-9-11-22)35(31,32)23-14-15-25(33-5)24(17-23)28-27(30)18-34-26-16-21(19(2)3)13-12-20(26)4/h7-17,19H,6,18H2,1-5H3,(H,28,30). The molecule has 1 N–H and O–H groups in total. The van der Waals surface area contributed by atoms with Crippen LogP contribution in [0.2, 0.25) is 0 Å². The maximum Gasteiger partial charge on any atom is 0.264 e. The summed E-state index contributed by atoms with van der Waals surface area (Å²) in [5.74, 6) is 0.885. The molecule has 0 saturated heterocycles. The van der Waals surface area contributed by atoms with E-state index in [1.54, 1.807) is 31.2 Å². The SMILES string of the molecule is CCN(c1ccccc1)S(=O)(=O)c1ccc(OC)c(NC(=O)COc2cc(C(C)C)ccc2C)c1. The molecule has 7 nitrogen and oxygen atoms in total. The van der Waals surface area contributed by atoms with E-state index in [9.17, 15) is 13.2 Å². The summed E-state index contributed by atoms with van der Waals surface area (Å²) >= 11 is 0. The first-order valence-corrected chi connectivity index (χ1v) is 12.9. The van der Waals surface area contributed by atoms with Crippen molar-refractivity contribution in [1.29, 1.82) is 0 Å². The number of amides is 1. The number of methoxy groups -OCH3 is 1. The highest BCUT2D eigenvalue weighted by molar-refractivity contribution is 7.92. The zero-order valence-corrected chi connectivity index (χ0v) is 21.6. The fourth-order valence-corrected chi connectivity index (χ4v) is 5.12. The highest BCUT2D eigenvalue weighted by Gasteiger charge is 2.25. The number of ether oxygens (including phenoxy) is 2. The maximum atomic E-state index is 13.4. The van der Waals surface area contributed by atoms with Gasteiger partial charge < -0.3 is 14.8 Å². The summed E-state index contributed by atoms with van der Waals surface area (Å²) in [4.78, 5) is 12.7. The topological polar surface area (TPSA) is 84.9 Å². The van der Waals surface area contributed by atoms with E-state index in [2.05, 4.69) is 19.2 Å². The molecule has 0 aliphatic rings. The van der Waals surface area contributed by atoms with Crippen LogP contribution in [0.25, 0.3) is 0 Å². The molecule has 0 aliphatic heterocycles. The molecule has 3 aromatic carbocycles. The average molecular weight is 497 g/mol. The van der Waals surface area contributed by atoms with Crippen molar-refractivity contribution in [3.63, 3.8) is 0 Å². The van der Waals surface area contributed by atoms with Crippen LogP contribution in [-0.4, -0.2) is 34.6 Å². The predicted octanol–water partition coefficient (Wildman–Crippen LogP) is 5.36. The van der Waals surface area contributed by atoms with Gasteiger partial charge in [0.2, 0.25) is 0 Å². The molecular formula is C27H32N2O5S. The minimum Gasteiger partial charge on any atom is -0.495 e. The first kappa shape index (κ1) is 26.1. The summed E-state index contributed by atoms with van der Waals surface area (Å²) in [7, 11) is -2.41. The number of anilines is 2. The van der Waals surface area contributed by atoms with Crippen LogP contribution in [0.3, 0.4) is 0 Å². The molecule has 0 atom stereocenters. The normalized spacial score (nSPS) is 11.3. The fourth-order valence-electron chi connectivity index (χ4n) is 3.62. The molecule has 0 spiro atoms. The zero-order valence-electron chi connectivity index (χ0n) is 20.7. The third-order valence-corrected chi connectivity index (χ3v) is 7.50. The lowest BCUT2D eigenvalue weighted by molar-refractivity contribution is -0.118. The van der Waals surface area contributed by atoms with Crippen LogP contribution in [0, 0.1) is 6.92 Å². The van der Waals surface area contributed by atoms with Gasteiger partial charge in [-0.1, -0.05) is 44.2 Å². The van der Waals surface area contributed by atoms with Crippen molar-refractivity contribution in [3.05, 3.63) is 77.9 Å². The van der Waals surface area contributed by atoms with Crippen molar-refractivity contribution in [2.75, 3.05) is 29.9 Å². The quantitative estimate of drug-likeness (QED) is 0.408. The first-order valence-electron chi connectivity index (χ1n) is 11.5. The Kier molecular flexibility index (Phi) is 8.40. The lowest BCUT2D eigenvalue weighted by Gasteiger charge is -2.23. The van der Waals surface area contributed by atoms with Crippen molar-refractivity contribution in [3.8, 4) is 11.5 Å². The van der Waals surface area contributed by atoms with Gasteiger partial charge in [-0.25, -0.2) is 8.42 Å². The molecular weight excluding hydrogens is 464 g/mol. The minimum atomic E-state index is -3.87. The number of hydrogen-bond donors (Lipinski definition) is 1. The molecule has 0 aromatic heterocycles. The largest absolute Gasteiger partial charge is 0.495 e. The Hall–Kier alpha value is -3.52. The zero-order chi connectivity index (χ0) is 25.6. The number of aryl methyl sites for hydroxylation is 1. The van der Waals surface area contributed by atoms with Crippen molar-refractivity contribution in [1.82, 2.24) is 0 Å². The summed E-state index contributed by atoms with van der Waals surface area (Å²) in [5.41, 5.74) is 2.85. The second kappa shape index (κ2) is 11.3. The molecule has 1 amide bonds. The molecule has 8 heteroatoms. The Balaban J connectivity index is 1.81. The van der Waals surface area contributed by atoms with Gasteiger partial charge in [0.25, 0.3) is 15.9 Å². The van der Waals surface area contributed by atoms with E-state index in [4.69, 9.17) is 9.47 Å². The van der Waals surface area contributed by atoms with Crippen molar-refractivity contribution >= 4 is 27.3 Å². The van der Waals surface area contributed by atoms with Crippen molar-refractivity contribution in [2.24, 2.45) is 0 Å². The van der Waals surface area contributed by atoms with Gasteiger partial charge in [-0.2, -0.15) is 0 Å². The van der Waals surface area contributed by atoms with Crippen LogP contribution in [-0.2, 0) is 14.8 Å². The van der Waals surface area contributed by atoms with Crippen LogP contribution in [0.1, 0.15) is 37.8 Å². The number of benzene rings is 3. The fraction of sp³-hybridized carbons (Fsp3) is 0.296. The molecule has 186 valence electrons. The Morgan fingerprint density at radius 3 is 2.34 bits per heavy atom. The third-order valence-electron chi connectivity index (χ3n) is 5.60. The molecule has 35 heavy (non-hydrogen) atoms. The van der Waals surface area contributed by atoms with E-state index in [1.807, 2.05) is 31.2 Å². The van der Waals surface area contributed by atoms with Gasteiger partial charge in [-0.05, 0) is 67.3 Å². The molecule has 0 saturated carbocycles. The molecule has 0 bridgehead atoms. The summed E-state index contributed by atoms with van der Waals surface area (Å²) < 4.78 is 39.2. The minimum absolute atomic E-state index is 0.0423. The summed E-state index contributed by atoms with van der Waals surface area (Å²) in [5, 5.41) is 2.73. The smallest absolute Gasteiger partial charge is 0.264 e. The highest BCUT2D eigenvalue weighted by atomic mass is 32.2. The van der Waals surface area contributed by atoms with E-state index in [-0.39, 0.29) is 23.7 Å². The third kappa shape index (κ3) is 6.14. The predicted molar refractivity (Wildman–Crippen MR) is 139 cm³/mol. The van der Waals surface area contributed by atoms with Gasteiger partial charge in [0.05, 0.1) is 23.4 Å². The van der Waals surface area contributed by atoms with Gasteiger partial charge in [0.15, 0.2) is 6.61 Å². The Morgan fingerprint density at radius 1 is 1.00 bits per heavy atom. The first-order chi connectivity index (χ1) is 16.7. The maximum absolute atomic E-state index is 13.4. The number of sulfonamides is 1. The van der Waals surface area contributed by atoms with E-state index in [0.717, 1.165) is 11.1 Å². The van der Waals surface area contributed by atoms with Crippen LogP contribution < -0.4 is 19.1 Å². The molecule has 0 aliphatic carbocycles. The lowest BCUT2D eigenvalue weighted by Crippen LogP contribution is -2.30. The average Bonchev–Trinajstić information content (AvgIpc) is 2.84. The lowest BCUT2D eigenvalue weighted by atomic mass is 10.0. The molecule has 0 unspecified atom stereocenters. The van der Waals surface area contributed by atoms with Crippen LogP contribution in [0.5, 0.6) is 11.5 Å². The molecule has 0 heterocycles. The Bertz CT molecular complexity index is 1270. The highest BCUT2D eigenvalue weighted by Crippen LogP contribution is 2.31. The second-order valence-corrected chi connectivity index (χ2v) is 10.2. The summed E-state index contributed by atoms with van der Waals surface area (Å²) in [6, 6.07) is 19.2. The van der Waals surface area contributed by atoms with Gasteiger partial charge in [-0.3, -0.25) is 9.10 Å². The van der Waals surface area contributed by atoms with Crippen LogP contribution >= 0.6 is 0 Å². The molecule has 3 aromatic rings. The van der Waals surface area contributed by atoms with Crippen LogP contribution in [0.15, 0.2) is 71.6 Å². The Labute approximate surface area is 207 Å². The number of nitrogens with zero attached hydrogens (tertiary/aromatic N) is 1. The number of hydrogen-bond acceptors (Lipinski definition) is 5. The number of rotatable bonds is 10. The van der Waals surface area contributed by atoms with E-state index in [0.29, 0.717) is 23.1 Å².